The minimum atomic E-state index is -0.943. The first-order valence-electron chi connectivity index (χ1n) is 20.0. The monoisotopic (exact) mass is 838 g/mol. The first-order valence-corrected chi connectivity index (χ1v) is 20.9. The summed E-state index contributed by atoms with van der Waals surface area (Å²) in [6.07, 6.45) is 3.25. The Morgan fingerprint density at radius 3 is 2.22 bits per heavy atom. The number of aromatic nitrogens is 1. The fraction of sp³-hybridized carbons (Fsp3) is 0.512. The first-order chi connectivity index (χ1) is 27.9. The van der Waals surface area contributed by atoms with Gasteiger partial charge in [-0.3, -0.25) is 23.7 Å². The zero-order valence-corrected chi connectivity index (χ0v) is 35.9. The molecule has 1 heterocycles. The molecule has 16 heteroatoms. The number of hydrogen-bond acceptors (Lipinski definition) is 10. The van der Waals surface area contributed by atoms with E-state index in [0.29, 0.717) is 40.8 Å². The van der Waals surface area contributed by atoms with Crippen LogP contribution in [0.3, 0.4) is 0 Å². The topological polar surface area (TPSA) is 223 Å². The molecule has 0 saturated carbocycles. The minimum absolute atomic E-state index is 0.00399. The van der Waals surface area contributed by atoms with Gasteiger partial charge in [0.1, 0.15) is 12.6 Å². The van der Waals surface area contributed by atoms with E-state index in [9.17, 15) is 34.2 Å². The number of nitrogens with two attached hydrogens (primary N) is 1. The van der Waals surface area contributed by atoms with Crippen molar-refractivity contribution in [2.24, 2.45) is 5.73 Å². The number of thioether (sulfide) groups is 1. The molecule has 0 fully saturated rings. The molecule has 3 aromatic rings. The Balaban J connectivity index is 1.45. The van der Waals surface area contributed by atoms with E-state index in [1.165, 1.54) is 16.3 Å². The summed E-state index contributed by atoms with van der Waals surface area (Å²) in [4.78, 5) is 63.5. The molecule has 2 unspecified atom stereocenters. The van der Waals surface area contributed by atoms with Crippen molar-refractivity contribution in [3.05, 3.63) is 71.8 Å². The predicted octanol–water partition coefficient (Wildman–Crippen LogP) is 5.90. The molecule has 324 valence electrons. The lowest BCUT2D eigenvalue weighted by molar-refractivity contribution is -0.130. The number of nitrogens with zero attached hydrogens (tertiary/aromatic N) is 1. The highest BCUT2D eigenvalue weighted by Gasteiger charge is 2.27. The highest BCUT2D eigenvalue weighted by Crippen LogP contribution is 2.39. The van der Waals surface area contributed by atoms with Crippen molar-refractivity contribution < 1.29 is 43.7 Å². The van der Waals surface area contributed by atoms with Gasteiger partial charge in [0, 0.05) is 55.0 Å². The number of carbonyl (C=O) groups is 5. The fourth-order valence-electron chi connectivity index (χ4n) is 6.10. The van der Waals surface area contributed by atoms with E-state index in [1.807, 2.05) is 58.0 Å². The molecule has 0 aliphatic heterocycles. The third-order valence-corrected chi connectivity index (χ3v) is 11.0. The SMILES string of the molecule is CCCC(CC)Sc1cc(O)n(CCC(=O)NC(C)(C)CCOC(C)(C)CCC(=O)NC(Cc2ccccc2)C(=O)NCC(=O)Nc2ccc(COC(N)=O)cc2)c1O. The highest BCUT2D eigenvalue weighted by atomic mass is 32.2. The summed E-state index contributed by atoms with van der Waals surface area (Å²) >= 11 is 1.54. The number of carbonyl (C=O) groups excluding carboxylic acids is 5. The standard InChI is InChI=1S/C43H62N6O9S/c1-7-12-32(8-2)59-34-26-38(53)49(40(34)55)23-20-36(51)48-42(3,4)22-24-58-43(5,6)21-19-35(50)47-33(25-29-13-10-9-11-14-29)39(54)45-27-37(52)46-31-17-15-30(16-18-31)28-57-41(44)56/h9-11,13-18,26,32-33,53,55H,7-8,12,19-25,27-28H2,1-6H3,(H2,44,56)(H,45,54)(H,46,52)(H,47,50)(H,48,51). The Morgan fingerprint density at radius 2 is 1.58 bits per heavy atom. The minimum Gasteiger partial charge on any atom is -0.494 e. The number of benzene rings is 2. The van der Waals surface area contributed by atoms with Gasteiger partial charge in [0.25, 0.3) is 0 Å². The third kappa shape index (κ3) is 17.7. The number of aromatic hydroxyl groups is 2. The molecule has 5 amide bonds. The lowest BCUT2D eigenvalue weighted by Crippen LogP contribution is -2.49. The Hall–Kier alpha value is -5.22. The Bertz CT molecular complexity index is 1830. The maximum atomic E-state index is 13.3. The Labute approximate surface area is 351 Å². The maximum Gasteiger partial charge on any atom is 0.404 e. The average Bonchev–Trinajstić information content (AvgIpc) is 3.44. The lowest BCUT2D eigenvalue weighted by Gasteiger charge is -2.30. The molecular formula is C43H62N6O9S. The van der Waals surface area contributed by atoms with Gasteiger partial charge in [0.15, 0.2) is 5.88 Å². The van der Waals surface area contributed by atoms with Crippen molar-refractivity contribution in [1.82, 2.24) is 20.5 Å². The molecule has 0 radical (unpaired) electrons. The normalized spacial score (nSPS) is 12.6. The van der Waals surface area contributed by atoms with Crippen LogP contribution in [-0.4, -0.2) is 80.1 Å². The molecular weight excluding hydrogens is 777 g/mol. The molecule has 15 nitrogen and oxygen atoms in total. The lowest BCUT2D eigenvalue weighted by atomic mass is 9.99. The van der Waals surface area contributed by atoms with Crippen LogP contribution in [0, 0.1) is 0 Å². The van der Waals surface area contributed by atoms with Crippen LogP contribution in [0.1, 0.15) is 97.6 Å². The van der Waals surface area contributed by atoms with Crippen LogP contribution >= 0.6 is 11.8 Å². The zero-order valence-electron chi connectivity index (χ0n) is 35.1. The summed E-state index contributed by atoms with van der Waals surface area (Å²) in [6.45, 7) is 11.8. The van der Waals surface area contributed by atoms with Gasteiger partial charge >= 0.3 is 6.09 Å². The van der Waals surface area contributed by atoms with Crippen molar-refractivity contribution in [3.63, 3.8) is 0 Å². The number of anilines is 1. The van der Waals surface area contributed by atoms with Gasteiger partial charge in [0.2, 0.25) is 29.5 Å². The van der Waals surface area contributed by atoms with Crippen molar-refractivity contribution in [3.8, 4) is 11.8 Å². The van der Waals surface area contributed by atoms with Crippen LogP contribution in [0.15, 0.2) is 65.6 Å². The quantitative estimate of drug-likeness (QED) is 0.0501. The molecule has 3 rings (SSSR count). The summed E-state index contributed by atoms with van der Waals surface area (Å²) in [5.41, 5.74) is 5.65. The van der Waals surface area contributed by atoms with Crippen LogP contribution in [0.25, 0.3) is 0 Å². The second kappa shape index (κ2) is 23.4. The highest BCUT2D eigenvalue weighted by molar-refractivity contribution is 8.00. The largest absolute Gasteiger partial charge is 0.494 e. The molecule has 0 aliphatic carbocycles. The van der Waals surface area contributed by atoms with Gasteiger partial charge in [-0.25, -0.2) is 4.79 Å². The summed E-state index contributed by atoms with van der Waals surface area (Å²) < 4.78 is 12.3. The molecule has 2 atom stereocenters. The number of nitrogens with one attached hydrogen (secondary N) is 4. The molecule has 0 aliphatic rings. The van der Waals surface area contributed by atoms with Gasteiger partial charge in [0.05, 0.1) is 17.0 Å². The van der Waals surface area contributed by atoms with E-state index in [0.717, 1.165) is 24.8 Å². The Morgan fingerprint density at radius 1 is 0.881 bits per heavy atom. The van der Waals surface area contributed by atoms with Crippen molar-refractivity contribution >= 4 is 47.2 Å². The van der Waals surface area contributed by atoms with E-state index in [4.69, 9.17) is 15.2 Å². The molecule has 0 saturated heterocycles. The van der Waals surface area contributed by atoms with E-state index < -0.39 is 35.1 Å². The van der Waals surface area contributed by atoms with Crippen LogP contribution in [0.5, 0.6) is 11.8 Å². The number of amides is 5. The second-order valence-electron chi connectivity index (χ2n) is 15.7. The van der Waals surface area contributed by atoms with E-state index >= 15 is 0 Å². The van der Waals surface area contributed by atoms with Gasteiger partial charge in [-0.1, -0.05) is 62.7 Å². The van der Waals surface area contributed by atoms with Crippen molar-refractivity contribution in [2.75, 3.05) is 18.5 Å². The van der Waals surface area contributed by atoms with Gasteiger partial charge in [-0.15, -0.1) is 11.8 Å². The predicted molar refractivity (Wildman–Crippen MR) is 228 cm³/mol. The number of ether oxygens (including phenoxy) is 2. The zero-order chi connectivity index (χ0) is 43.6. The van der Waals surface area contributed by atoms with Gasteiger partial charge < -0.3 is 46.7 Å². The van der Waals surface area contributed by atoms with Crippen LogP contribution in [0.2, 0.25) is 0 Å². The van der Waals surface area contributed by atoms with Crippen LogP contribution in [-0.2, 0) is 48.2 Å². The maximum absolute atomic E-state index is 13.3. The number of hydrogen-bond donors (Lipinski definition) is 7. The molecule has 0 spiro atoms. The molecule has 8 N–H and O–H groups in total. The molecule has 2 aromatic carbocycles. The Kier molecular flexibility index (Phi) is 19.1. The van der Waals surface area contributed by atoms with Crippen molar-refractivity contribution in [2.45, 2.75) is 133 Å². The number of primary amides is 1. The van der Waals surface area contributed by atoms with Crippen LogP contribution in [0.4, 0.5) is 10.5 Å². The van der Waals surface area contributed by atoms with Gasteiger partial charge in [-0.05, 0) is 76.6 Å². The summed E-state index contributed by atoms with van der Waals surface area (Å²) in [6, 6.07) is 16.4. The van der Waals surface area contributed by atoms with E-state index in [2.05, 4.69) is 35.1 Å². The molecule has 59 heavy (non-hydrogen) atoms. The molecule has 1 aromatic heterocycles. The average molecular weight is 839 g/mol. The second-order valence-corrected chi connectivity index (χ2v) is 17.0. The summed E-state index contributed by atoms with van der Waals surface area (Å²) in [5.74, 6) is -1.70. The third-order valence-electron chi connectivity index (χ3n) is 9.56. The fourth-order valence-corrected chi connectivity index (χ4v) is 7.37. The number of rotatable bonds is 25. The first kappa shape index (κ1) is 48.2. The molecule has 0 bridgehead atoms. The van der Waals surface area contributed by atoms with Crippen LogP contribution < -0.4 is 27.0 Å². The van der Waals surface area contributed by atoms with Gasteiger partial charge in [-0.2, -0.15) is 0 Å². The van der Waals surface area contributed by atoms with E-state index in [1.54, 1.807) is 30.3 Å². The summed E-state index contributed by atoms with van der Waals surface area (Å²) in [7, 11) is 0. The van der Waals surface area contributed by atoms with E-state index in [-0.39, 0.29) is 62.5 Å². The smallest absolute Gasteiger partial charge is 0.404 e. The summed E-state index contributed by atoms with van der Waals surface area (Å²) in [5, 5.41) is 32.7. The van der Waals surface area contributed by atoms with Crippen molar-refractivity contribution in [1.29, 1.82) is 0 Å².